The van der Waals surface area contributed by atoms with E-state index in [-0.39, 0.29) is 5.54 Å². The monoisotopic (exact) mass is 139 g/mol. The molecule has 1 atom stereocenters. The molecule has 0 saturated carbocycles. The molecule has 1 saturated heterocycles. The van der Waals surface area contributed by atoms with Gasteiger partial charge in [-0.2, -0.15) is 0 Å². The van der Waals surface area contributed by atoms with E-state index in [9.17, 15) is 0 Å². The fourth-order valence-corrected chi connectivity index (χ4v) is 1.46. The zero-order valence-corrected chi connectivity index (χ0v) is 6.22. The van der Waals surface area contributed by atoms with Crippen LogP contribution in [0, 0.1) is 5.92 Å². The molecule has 3 heteroatoms. The second-order valence-electron chi connectivity index (χ2n) is 3.39. The molecule has 10 heavy (non-hydrogen) atoms. The summed E-state index contributed by atoms with van der Waals surface area (Å²) in [5.41, 5.74) is 0.255. The van der Waals surface area contributed by atoms with Crippen molar-refractivity contribution in [2.45, 2.75) is 12.5 Å². The van der Waals surface area contributed by atoms with Crippen LogP contribution in [0.5, 0.6) is 0 Å². The van der Waals surface area contributed by atoms with Gasteiger partial charge in [-0.05, 0) is 6.92 Å². The van der Waals surface area contributed by atoms with Gasteiger partial charge in [-0.1, -0.05) is 0 Å². The Kier molecular flexibility index (Phi) is 1.20. The Morgan fingerprint density at radius 1 is 1.60 bits per heavy atom. The molecule has 0 aliphatic carbocycles. The van der Waals surface area contributed by atoms with E-state index >= 15 is 0 Å². The van der Waals surface area contributed by atoms with E-state index in [0.29, 0.717) is 0 Å². The molecule has 1 unspecified atom stereocenters. The smallest absolute Gasteiger partial charge is 0.0829 e. The Labute approximate surface area is 60.9 Å². The van der Waals surface area contributed by atoms with Crippen LogP contribution < -0.4 is 10.6 Å². The second-order valence-corrected chi connectivity index (χ2v) is 3.39. The Hall–Kier alpha value is -0.570. The van der Waals surface area contributed by atoms with Gasteiger partial charge in [-0.3, -0.25) is 4.99 Å². The van der Waals surface area contributed by atoms with Crippen molar-refractivity contribution in [3.63, 3.8) is 0 Å². The summed E-state index contributed by atoms with van der Waals surface area (Å²) in [4.78, 5) is 4.18. The molecule has 0 spiro atoms. The van der Waals surface area contributed by atoms with Gasteiger partial charge in [0.05, 0.1) is 18.4 Å². The minimum atomic E-state index is 0.255. The summed E-state index contributed by atoms with van der Waals surface area (Å²) < 4.78 is 0. The fourth-order valence-electron chi connectivity index (χ4n) is 1.46. The van der Waals surface area contributed by atoms with Crippen LogP contribution in [0.3, 0.4) is 0 Å². The van der Waals surface area contributed by atoms with Gasteiger partial charge >= 0.3 is 0 Å². The number of aliphatic imine (C=N–C) groups is 1. The molecule has 0 aromatic rings. The third-order valence-corrected chi connectivity index (χ3v) is 2.59. The first-order valence-electron chi connectivity index (χ1n) is 3.78. The van der Waals surface area contributed by atoms with Crippen molar-refractivity contribution in [3.05, 3.63) is 0 Å². The average molecular weight is 139 g/mol. The SMILES string of the molecule is CC1(C2CNC2)CN=CN1. The van der Waals surface area contributed by atoms with E-state index in [2.05, 4.69) is 22.5 Å². The molecule has 0 amide bonds. The van der Waals surface area contributed by atoms with Gasteiger partial charge < -0.3 is 10.6 Å². The highest BCUT2D eigenvalue weighted by Gasteiger charge is 2.38. The first kappa shape index (κ1) is 6.16. The zero-order valence-electron chi connectivity index (χ0n) is 6.22. The lowest BCUT2D eigenvalue weighted by molar-refractivity contribution is 0.204. The molecule has 2 N–H and O–H groups in total. The predicted octanol–water partition coefficient (Wildman–Crippen LogP) is -0.404. The van der Waals surface area contributed by atoms with E-state index in [1.807, 2.05) is 6.34 Å². The van der Waals surface area contributed by atoms with Crippen LogP contribution in [0.4, 0.5) is 0 Å². The number of rotatable bonds is 1. The highest BCUT2D eigenvalue weighted by molar-refractivity contribution is 5.59. The summed E-state index contributed by atoms with van der Waals surface area (Å²) in [6.45, 7) is 5.48. The Morgan fingerprint density at radius 2 is 2.40 bits per heavy atom. The van der Waals surface area contributed by atoms with E-state index in [4.69, 9.17) is 0 Å². The third kappa shape index (κ3) is 0.736. The highest BCUT2D eigenvalue weighted by Crippen LogP contribution is 2.22. The summed E-state index contributed by atoms with van der Waals surface area (Å²) >= 11 is 0. The van der Waals surface area contributed by atoms with Gasteiger partial charge in [0.25, 0.3) is 0 Å². The standard InChI is InChI=1S/C7H13N3/c1-7(4-9-5-10-7)6-2-8-3-6/h5-6,8H,2-4H2,1H3,(H,9,10). The molecule has 0 aromatic heterocycles. The molecule has 3 nitrogen and oxygen atoms in total. The molecule has 1 fully saturated rings. The van der Waals surface area contributed by atoms with Crippen molar-refractivity contribution >= 4 is 6.34 Å². The maximum absolute atomic E-state index is 4.18. The van der Waals surface area contributed by atoms with Crippen molar-refractivity contribution < 1.29 is 0 Å². The van der Waals surface area contributed by atoms with Gasteiger partial charge in [-0.15, -0.1) is 0 Å². The summed E-state index contributed by atoms with van der Waals surface area (Å²) in [6, 6.07) is 0. The summed E-state index contributed by atoms with van der Waals surface area (Å²) in [7, 11) is 0. The van der Waals surface area contributed by atoms with Crippen LogP contribution in [0.25, 0.3) is 0 Å². The lowest BCUT2D eigenvalue weighted by Crippen LogP contribution is -2.60. The highest BCUT2D eigenvalue weighted by atomic mass is 15.1. The molecule has 56 valence electrons. The molecule has 2 aliphatic heterocycles. The van der Waals surface area contributed by atoms with Crippen molar-refractivity contribution in [2.24, 2.45) is 10.9 Å². The quantitative estimate of drug-likeness (QED) is 0.518. The topological polar surface area (TPSA) is 36.4 Å². The third-order valence-electron chi connectivity index (χ3n) is 2.59. The maximum Gasteiger partial charge on any atom is 0.0829 e. The van der Waals surface area contributed by atoms with E-state index in [0.717, 1.165) is 25.6 Å². The van der Waals surface area contributed by atoms with Crippen molar-refractivity contribution in [1.29, 1.82) is 0 Å². The molecular formula is C7H13N3. The lowest BCUT2D eigenvalue weighted by Gasteiger charge is -2.40. The van der Waals surface area contributed by atoms with Crippen LogP contribution >= 0.6 is 0 Å². The number of hydrogen-bond donors (Lipinski definition) is 2. The number of nitrogens with one attached hydrogen (secondary N) is 2. The normalized spacial score (nSPS) is 39.3. The summed E-state index contributed by atoms with van der Waals surface area (Å²) in [5.74, 6) is 0.773. The first-order valence-corrected chi connectivity index (χ1v) is 3.78. The van der Waals surface area contributed by atoms with Crippen LogP contribution in [0.2, 0.25) is 0 Å². The van der Waals surface area contributed by atoms with Crippen molar-refractivity contribution in [1.82, 2.24) is 10.6 Å². The molecule has 2 heterocycles. The van der Waals surface area contributed by atoms with Gasteiger partial charge in [0, 0.05) is 19.0 Å². The maximum atomic E-state index is 4.18. The summed E-state index contributed by atoms with van der Waals surface area (Å²) in [5, 5.41) is 6.57. The first-order chi connectivity index (χ1) is 4.81. The van der Waals surface area contributed by atoms with Gasteiger partial charge in [-0.25, -0.2) is 0 Å². The minimum Gasteiger partial charge on any atom is -0.369 e. The number of nitrogens with zero attached hydrogens (tertiary/aromatic N) is 1. The second kappa shape index (κ2) is 1.95. The molecule has 0 bridgehead atoms. The molecule has 2 rings (SSSR count). The van der Waals surface area contributed by atoms with Crippen molar-refractivity contribution in [2.75, 3.05) is 19.6 Å². The van der Waals surface area contributed by atoms with Crippen molar-refractivity contribution in [3.8, 4) is 0 Å². The van der Waals surface area contributed by atoms with Crippen LogP contribution in [-0.4, -0.2) is 31.5 Å². The number of hydrogen-bond acceptors (Lipinski definition) is 3. The van der Waals surface area contributed by atoms with Gasteiger partial charge in [0.15, 0.2) is 0 Å². The van der Waals surface area contributed by atoms with E-state index in [1.54, 1.807) is 0 Å². The minimum absolute atomic E-state index is 0.255. The summed E-state index contributed by atoms with van der Waals surface area (Å²) in [6.07, 6.45) is 1.83. The average Bonchev–Trinajstić information content (AvgIpc) is 2.09. The molecule has 0 aromatic carbocycles. The van der Waals surface area contributed by atoms with E-state index in [1.165, 1.54) is 0 Å². The molecular weight excluding hydrogens is 126 g/mol. The van der Waals surface area contributed by atoms with Gasteiger partial charge in [0.1, 0.15) is 0 Å². The lowest BCUT2D eigenvalue weighted by atomic mass is 9.82. The Balaban J connectivity index is 2.00. The van der Waals surface area contributed by atoms with Crippen LogP contribution in [0.1, 0.15) is 6.92 Å². The largest absolute Gasteiger partial charge is 0.369 e. The van der Waals surface area contributed by atoms with Gasteiger partial charge in [0.2, 0.25) is 0 Å². The Bertz CT molecular complexity index is 152. The zero-order chi connectivity index (χ0) is 7.03. The van der Waals surface area contributed by atoms with Crippen LogP contribution in [-0.2, 0) is 0 Å². The van der Waals surface area contributed by atoms with E-state index < -0.39 is 0 Å². The fraction of sp³-hybridized carbons (Fsp3) is 0.857. The molecule has 2 aliphatic rings. The van der Waals surface area contributed by atoms with Crippen LogP contribution in [0.15, 0.2) is 4.99 Å². The Morgan fingerprint density at radius 3 is 2.80 bits per heavy atom. The predicted molar refractivity (Wildman–Crippen MR) is 41.3 cm³/mol. The molecule has 0 radical (unpaired) electrons.